The normalized spacial score (nSPS) is 16.3. The first-order chi connectivity index (χ1) is 15.0. The molecule has 8 nitrogen and oxygen atoms in total. The van der Waals surface area contributed by atoms with E-state index in [1.54, 1.807) is 0 Å². The predicted molar refractivity (Wildman–Crippen MR) is 117 cm³/mol. The Morgan fingerprint density at radius 3 is 2.58 bits per heavy atom. The first-order valence-electron chi connectivity index (χ1n) is 10.3. The number of anilines is 1. The van der Waals surface area contributed by atoms with Crippen LogP contribution >= 0.6 is 0 Å². The van der Waals surface area contributed by atoms with E-state index in [4.69, 9.17) is 10.5 Å². The van der Waals surface area contributed by atoms with Crippen LogP contribution in [0.2, 0.25) is 0 Å². The van der Waals surface area contributed by atoms with Crippen molar-refractivity contribution in [2.75, 3.05) is 25.0 Å². The number of ether oxygens (including phenoxy) is 1. The molecule has 0 spiro atoms. The molecule has 1 fully saturated rings. The van der Waals surface area contributed by atoms with E-state index in [-0.39, 0.29) is 30.9 Å². The average molecular weight is 425 g/mol. The van der Waals surface area contributed by atoms with Crippen molar-refractivity contribution >= 4 is 23.6 Å². The monoisotopic (exact) mass is 424 g/mol. The summed E-state index contributed by atoms with van der Waals surface area (Å²) in [5.41, 5.74) is 7.94. The Labute approximate surface area is 181 Å². The number of nitrogens with two attached hydrogens (primary N) is 1. The zero-order chi connectivity index (χ0) is 22.1. The summed E-state index contributed by atoms with van der Waals surface area (Å²) in [5, 5.41) is 5.29. The van der Waals surface area contributed by atoms with Gasteiger partial charge in [0.1, 0.15) is 13.2 Å². The van der Waals surface area contributed by atoms with Crippen LogP contribution in [0.25, 0.3) is 0 Å². The van der Waals surface area contributed by atoms with Gasteiger partial charge in [0.05, 0.1) is 5.92 Å². The smallest absolute Gasteiger partial charge is 0.407 e. The van der Waals surface area contributed by atoms with Crippen molar-refractivity contribution in [2.24, 2.45) is 11.7 Å². The van der Waals surface area contributed by atoms with Gasteiger partial charge in [-0.1, -0.05) is 48.5 Å². The molecule has 1 aliphatic heterocycles. The predicted octanol–water partition coefficient (Wildman–Crippen LogP) is 2.25. The standard InChI is InChI=1S/C23H28N4O4/c24-22(29)19-10-6-12-27(15-19)14-18-9-4-5-11-20(18)26-21(28)13-25-23(30)31-16-17-7-2-1-3-8-17/h1-5,7-9,11,19H,6,10,12-16H2,(H2,24,29)(H,25,30)(H,26,28). The molecule has 0 bridgehead atoms. The maximum atomic E-state index is 12.3. The molecule has 0 aliphatic carbocycles. The molecule has 8 heteroatoms. The molecule has 3 rings (SSSR count). The minimum absolute atomic E-state index is 0.137. The summed E-state index contributed by atoms with van der Waals surface area (Å²) in [6, 6.07) is 16.8. The summed E-state index contributed by atoms with van der Waals surface area (Å²) in [6.07, 6.45) is 1.08. The highest BCUT2D eigenvalue weighted by Crippen LogP contribution is 2.22. The summed E-state index contributed by atoms with van der Waals surface area (Å²) < 4.78 is 5.11. The van der Waals surface area contributed by atoms with Crippen LogP contribution in [0.5, 0.6) is 0 Å². The molecule has 0 aromatic heterocycles. The van der Waals surface area contributed by atoms with Crippen LogP contribution in [0.3, 0.4) is 0 Å². The number of benzene rings is 2. The van der Waals surface area contributed by atoms with Gasteiger partial charge in [-0.15, -0.1) is 0 Å². The van der Waals surface area contributed by atoms with Gasteiger partial charge in [0.15, 0.2) is 0 Å². The molecule has 4 N–H and O–H groups in total. The van der Waals surface area contributed by atoms with Crippen molar-refractivity contribution in [2.45, 2.75) is 26.0 Å². The van der Waals surface area contributed by atoms with Gasteiger partial charge < -0.3 is 21.1 Å². The molecule has 1 saturated heterocycles. The Morgan fingerprint density at radius 1 is 1.06 bits per heavy atom. The van der Waals surface area contributed by atoms with Crippen molar-refractivity contribution in [1.82, 2.24) is 10.2 Å². The summed E-state index contributed by atoms with van der Waals surface area (Å²) >= 11 is 0. The van der Waals surface area contributed by atoms with Crippen LogP contribution in [0, 0.1) is 5.92 Å². The number of rotatable bonds is 8. The molecule has 1 atom stereocenters. The van der Waals surface area contributed by atoms with E-state index in [1.165, 1.54) is 0 Å². The fourth-order valence-corrected chi connectivity index (χ4v) is 3.57. The van der Waals surface area contributed by atoms with E-state index in [1.807, 2.05) is 54.6 Å². The third-order valence-corrected chi connectivity index (χ3v) is 5.20. The van der Waals surface area contributed by atoms with Gasteiger partial charge in [0, 0.05) is 18.8 Å². The van der Waals surface area contributed by atoms with E-state index >= 15 is 0 Å². The Morgan fingerprint density at radius 2 is 1.81 bits per heavy atom. The van der Waals surface area contributed by atoms with Crippen LogP contribution < -0.4 is 16.4 Å². The highest BCUT2D eigenvalue weighted by molar-refractivity contribution is 5.94. The molecule has 2 aromatic rings. The van der Waals surface area contributed by atoms with Crippen LogP contribution in [0.1, 0.15) is 24.0 Å². The third kappa shape index (κ3) is 7.11. The van der Waals surface area contributed by atoms with Gasteiger partial charge in [0.25, 0.3) is 0 Å². The lowest BCUT2D eigenvalue weighted by atomic mass is 9.97. The second kappa shape index (κ2) is 11.1. The summed E-state index contributed by atoms with van der Waals surface area (Å²) in [6.45, 7) is 2.04. The number of nitrogens with zero attached hydrogens (tertiary/aromatic N) is 1. The zero-order valence-electron chi connectivity index (χ0n) is 17.4. The maximum absolute atomic E-state index is 12.3. The minimum atomic E-state index is -0.655. The van der Waals surface area contributed by atoms with Gasteiger partial charge >= 0.3 is 6.09 Å². The van der Waals surface area contributed by atoms with Gasteiger partial charge in [-0.05, 0) is 36.6 Å². The molecule has 3 amide bonds. The molecule has 1 heterocycles. The number of alkyl carbamates (subject to hydrolysis) is 1. The number of nitrogens with one attached hydrogen (secondary N) is 2. The lowest BCUT2D eigenvalue weighted by molar-refractivity contribution is -0.123. The molecule has 0 radical (unpaired) electrons. The second-order valence-electron chi connectivity index (χ2n) is 7.60. The molecular weight excluding hydrogens is 396 g/mol. The summed E-state index contributed by atoms with van der Waals surface area (Å²) in [4.78, 5) is 37.8. The van der Waals surface area contributed by atoms with Crippen molar-refractivity contribution < 1.29 is 19.1 Å². The fourth-order valence-electron chi connectivity index (χ4n) is 3.57. The molecule has 2 aromatic carbocycles. The number of carbonyl (C=O) groups is 3. The highest BCUT2D eigenvalue weighted by Gasteiger charge is 2.24. The number of hydrogen-bond acceptors (Lipinski definition) is 5. The van der Waals surface area contributed by atoms with E-state index in [2.05, 4.69) is 15.5 Å². The number of primary amides is 1. The Hall–Kier alpha value is -3.39. The molecule has 1 unspecified atom stereocenters. The number of amides is 3. The Balaban J connectivity index is 1.47. The zero-order valence-corrected chi connectivity index (χ0v) is 17.4. The number of hydrogen-bond donors (Lipinski definition) is 3. The van der Waals surface area contributed by atoms with Crippen molar-refractivity contribution in [3.63, 3.8) is 0 Å². The molecule has 31 heavy (non-hydrogen) atoms. The lowest BCUT2D eigenvalue weighted by Crippen LogP contribution is -2.40. The second-order valence-corrected chi connectivity index (χ2v) is 7.60. The lowest BCUT2D eigenvalue weighted by Gasteiger charge is -2.31. The van der Waals surface area contributed by atoms with E-state index in [0.717, 1.165) is 30.5 Å². The number of carbonyl (C=O) groups excluding carboxylic acids is 3. The van der Waals surface area contributed by atoms with Gasteiger partial charge in [-0.3, -0.25) is 14.5 Å². The van der Waals surface area contributed by atoms with Crippen LogP contribution in [0.15, 0.2) is 54.6 Å². The first kappa shape index (κ1) is 22.3. The number of likely N-dealkylation sites (tertiary alicyclic amines) is 1. The van der Waals surface area contributed by atoms with Crippen molar-refractivity contribution in [3.05, 3.63) is 65.7 Å². The van der Waals surface area contributed by atoms with Crippen LogP contribution in [-0.4, -0.2) is 42.4 Å². The Kier molecular flexibility index (Phi) is 8.00. The summed E-state index contributed by atoms with van der Waals surface area (Å²) in [5.74, 6) is -0.754. The van der Waals surface area contributed by atoms with Crippen LogP contribution in [-0.2, 0) is 27.5 Å². The summed E-state index contributed by atoms with van der Waals surface area (Å²) in [7, 11) is 0. The molecule has 164 valence electrons. The van der Waals surface area contributed by atoms with E-state index in [9.17, 15) is 14.4 Å². The SMILES string of the molecule is NC(=O)C1CCCN(Cc2ccccc2NC(=O)CNC(=O)OCc2ccccc2)C1. The average Bonchev–Trinajstić information content (AvgIpc) is 2.78. The number of piperidine rings is 1. The molecule has 0 saturated carbocycles. The van der Waals surface area contributed by atoms with Crippen molar-refractivity contribution in [1.29, 1.82) is 0 Å². The highest BCUT2D eigenvalue weighted by atomic mass is 16.5. The topological polar surface area (TPSA) is 114 Å². The minimum Gasteiger partial charge on any atom is -0.445 e. The molecule has 1 aliphatic rings. The number of para-hydroxylation sites is 1. The largest absolute Gasteiger partial charge is 0.445 e. The van der Waals surface area contributed by atoms with Gasteiger partial charge in [0.2, 0.25) is 11.8 Å². The Bertz CT molecular complexity index is 903. The third-order valence-electron chi connectivity index (χ3n) is 5.20. The van der Waals surface area contributed by atoms with Crippen molar-refractivity contribution in [3.8, 4) is 0 Å². The van der Waals surface area contributed by atoms with Gasteiger partial charge in [-0.2, -0.15) is 0 Å². The fraction of sp³-hybridized carbons (Fsp3) is 0.348. The quantitative estimate of drug-likeness (QED) is 0.601. The first-order valence-corrected chi connectivity index (χ1v) is 10.3. The molecular formula is C23H28N4O4. The van der Waals surface area contributed by atoms with Gasteiger partial charge in [-0.25, -0.2) is 4.79 Å². The van der Waals surface area contributed by atoms with E-state index in [0.29, 0.717) is 18.8 Å². The maximum Gasteiger partial charge on any atom is 0.407 e. The van der Waals surface area contributed by atoms with Crippen LogP contribution in [0.4, 0.5) is 10.5 Å². The van der Waals surface area contributed by atoms with E-state index < -0.39 is 6.09 Å².